The Balaban J connectivity index is 4.11. The molecule has 1 aliphatic carbocycles. The molecule has 0 aromatic carbocycles. The van der Waals surface area contributed by atoms with Crippen LogP contribution < -0.4 is 68.5 Å². The van der Waals surface area contributed by atoms with Crippen molar-refractivity contribution in [1.82, 2.24) is 0 Å². The van der Waals surface area contributed by atoms with Gasteiger partial charge in [-0.3, -0.25) is 0 Å². The Labute approximate surface area is 220 Å². The summed E-state index contributed by atoms with van der Waals surface area (Å²) in [6.45, 7) is 0. The molecule has 1 saturated carbocycles. The molecule has 0 radical (unpaired) electrons. The van der Waals surface area contributed by atoms with Crippen molar-refractivity contribution in [3.05, 3.63) is 0 Å². The fraction of sp³-hybridized carbons (Fsp3) is 1.00. The van der Waals surface area contributed by atoms with Crippen molar-refractivity contribution in [2.75, 3.05) is 5.90 Å². The second kappa shape index (κ2) is 13.2. The highest BCUT2D eigenvalue weighted by Gasteiger charge is 2.57. The van der Waals surface area contributed by atoms with E-state index in [9.17, 15) is 95.9 Å². The first kappa shape index (κ1) is 39.0. The molecule has 33 heteroatoms. The predicted octanol–water partition coefficient (Wildman–Crippen LogP) is -12.2. The zero-order valence-corrected chi connectivity index (χ0v) is 24.2. The molecule has 7 atom stereocenters. The van der Waals surface area contributed by atoms with Crippen LogP contribution in [0, 0.1) is 0 Å². The second-order valence-electron chi connectivity index (χ2n) is 7.02. The molecule has 0 amide bonds. The van der Waals surface area contributed by atoms with Crippen molar-refractivity contribution in [3.63, 3.8) is 0 Å². The Morgan fingerprint density at radius 2 is 0.575 bits per heavy atom. The molecule has 0 bridgehead atoms. The molecule has 240 valence electrons. The molecule has 3 unspecified atom stereocenters. The molecule has 0 spiro atoms. The summed E-state index contributed by atoms with van der Waals surface area (Å²) in [4.78, 5) is 157. The first-order valence-electron chi connectivity index (χ1n) is 8.79. The van der Waals surface area contributed by atoms with E-state index in [4.69, 9.17) is 0 Å². The van der Waals surface area contributed by atoms with Gasteiger partial charge < -0.3 is 123 Å². The number of rotatable bonds is 14. The van der Waals surface area contributed by atoms with E-state index in [1.165, 1.54) is 0 Å². The third-order valence-electron chi connectivity index (χ3n) is 3.83. The number of phosphoric acid groups is 5. The van der Waals surface area contributed by atoms with Crippen molar-refractivity contribution in [2.24, 2.45) is 0 Å². The van der Waals surface area contributed by atoms with Crippen LogP contribution in [0.25, 0.3) is 0 Å². The molecule has 0 saturated heterocycles. The predicted molar refractivity (Wildman–Crippen MR) is 86.7 cm³/mol. The lowest BCUT2D eigenvalue weighted by atomic mass is 9.85. The quantitative estimate of drug-likeness (QED) is 0.150. The van der Waals surface area contributed by atoms with Crippen molar-refractivity contribution in [3.8, 4) is 0 Å². The van der Waals surface area contributed by atoms with E-state index in [-0.39, 0.29) is 0 Å². The topological polar surface area (TPSA) is 481 Å². The highest BCUT2D eigenvalue weighted by molar-refractivity contribution is 7.70. The van der Waals surface area contributed by atoms with Gasteiger partial charge in [0.05, 0.1) is 39.1 Å². The van der Waals surface area contributed by atoms with Gasteiger partial charge in [0, 0.05) is 0 Å². The molecule has 26 nitrogen and oxygen atoms in total. The number of hydrogen-bond acceptors (Lipinski definition) is 26. The minimum atomic E-state index is -6.80. The fourth-order valence-corrected chi connectivity index (χ4v) is 8.28. The summed E-state index contributed by atoms with van der Waals surface area (Å²) in [6, 6.07) is 0. The Hall–Kier alpha value is 1.01. The lowest BCUT2D eigenvalue weighted by molar-refractivity contribution is -0.426. The van der Waals surface area contributed by atoms with E-state index >= 15 is 0 Å². The highest BCUT2D eigenvalue weighted by atomic mass is 31.3. The van der Waals surface area contributed by atoms with Crippen LogP contribution in [0.3, 0.4) is 0 Å². The van der Waals surface area contributed by atoms with E-state index in [0.29, 0.717) is 0 Å². The van der Waals surface area contributed by atoms with Gasteiger partial charge in [0.25, 0.3) is 0 Å². The monoisotopic (exact) mass is 725 g/mol. The minimum absolute atomic E-state index is 2.65. The van der Waals surface area contributed by atoms with Gasteiger partial charge in [-0.05, 0) is 0 Å². The largest absolute Gasteiger partial charge is 0.790 e. The highest BCUT2D eigenvalue weighted by Crippen LogP contribution is 2.56. The van der Waals surface area contributed by atoms with Crippen LogP contribution in [-0.4, -0.2) is 42.5 Å². The average Bonchev–Trinajstić information content (AvgIpc) is 2.57. The van der Waals surface area contributed by atoms with Crippen LogP contribution in [0.5, 0.6) is 0 Å². The summed E-state index contributed by atoms with van der Waals surface area (Å²) in [5.41, 5.74) is 0. The fourth-order valence-electron chi connectivity index (χ4n) is 3.02. The maximum absolute atomic E-state index is 12.1. The van der Waals surface area contributed by atoms with Crippen LogP contribution in [0.4, 0.5) is 0 Å². The Morgan fingerprint density at radius 1 is 0.400 bits per heavy atom. The van der Waals surface area contributed by atoms with Gasteiger partial charge in [-0.1, -0.05) is 0 Å². The summed E-state index contributed by atoms with van der Waals surface area (Å²) >= 11 is 0. The van der Waals surface area contributed by atoms with Crippen LogP contribution in [-0.2, 0) is 54.5 Å². The summed E-state index contributed by atoms with van der Waals surface area (Å²) in [5.74, 6) is -2.65. The molecule has 0 N–H and O–H groups in total. The normalized spacial score (nSPS) is 29.2. The summed E-state index contributed by atoms with van der Waals surface area (Å²) in [7, 11) is -46.7. The first-order valence-corrected chi connectivity index (χ1v) is 19.6. The van der Waals surface area contributed by atoms with E-state index in [0.717, 1.165) is 0 Å². The van der Waals surface area contributed by atoms with Crippen molar-refractivity contribution in [1.29, 1.82) is 0 Å². The molecular formula is C7H8O26P7-13. The molecule has 0 heterocycles. The maximum Gasteiger partial charge on any atom is 0.171 e. The third kappa shape index (κ3) is 15.1. The number of hydrogen-bond donors (Lipinski definition) is 0. The Morgan fingerprint density at radius 3 is 0.725 bits per heavy atom. The van der Waals surface area contributed by atoms with Gasteiger partial charge in [0.1, 0.15) is 42.5 Å². The number of phosphoric ester groups is 5. The lowest BCUT2D eigenvalue weighted by Crippen LogP contribution is -2.68. The van der Waals surface area contributed by atoms with E-state index in [1.807, 2.05) is 0 Å². The standard InChI is InChI=1S/C7H21O26P7/c8-34(9,10)1-35(11,12)28-2-3(29-36(13,14)15)5(31-38(19,20)21)7(33-40(25,26)27)6(32-39(22,23)24)4(2)30-37(16,17)18/h2-7H,1H2,(H,11,12)(H2,8,9,10)(H2,13,14,15)(H2,16,17,18)(H2,19,20,21)(H2,22,23,24)(H2,25,26,27)/p-13/t2?,3-,4+,5+,6-,7?. The van der Waals surface area contributed by atoms with Gasteiger partial charge in [-0.25, -0.2) is 0 Å². The zero-order chi connectivity index (χ0) is 31.9. The molecule has 40 heavy (non-hydrogen) atoms. The van der Waals surface area contributed by atoms with Crippen LogP contribution >= 0.6 is 54.7 Å². The molecule has 0 aliphatic heterocycles. The van der Waals surface area contributed by atoms with Gasteiger partial charge in [-0.2, -0.15) is 7.94 Å². The summed E-state index contributed by atoms with van der Waals surface area (Å²) in [5, 5.41) is 0. The maximum atomic E-state index is 12.1. The molecule has 1 rings (SSSR count). The molecule has 1 fully saturated rings. The van der Waals surface area contributed by atoms with Crippen molar-refractivity contribution >= 4 is 54.7 Å². The minimum Gasteiger partial charge on any atom is -0.790 e. The third-order valence-corrected chi connectivity index (χ3v) is 9.67. The van der Waals surface area contributed by atoms with Crippen molar-refractivity contribution < 1.29 is 123 Å². The second-order valence-corrected chi connectivity index (χ2v) is 16.3. The zero-order valence-electron chi connectivity index (χ0n) is 17.9. The lowest BCUT2D eigenvalue weighted by Gasteiger charge is -2.57. The molecule has 0 aromatic rings. The summed E-state index contributed by atoms with van der Waals surface area (Å²) in [6.07, 6.45) is -22.1. The van der Waals surface area contributed by atoms with E-state index in [1.54, 1.807) is 0 Å². The molecule has 0 aromatic heterocycles. The SMILES string of the molecule is O=P([O-])([O-])OC1[C@@H](OP(=O)([O-])[O-])[C@H](OP(=O)([O-])[O-])C(OP(=O)([O-])C[P+]([O-])([O-])[O-])[C@H](OP(=O)([O-])[O-])[C@H]1OP(=O)([O-])[O-]. The van der Waals surface area contributed by atoms with Gasteiger partial charge >= 0.3 is 0 Å². The van der Waals surface area contributed by atoms with Gasteiger partial charge in [0.2, 0.25) is 0 Å². The van der Waals surface area contributed by atoms with Gasteiger partial charge in [-0.15, -0.1) is 0 Å². The first-order chi connectivity index (χ1) is 17.3. The van der Waals surface area contributed by atoms with Crippen LogP contribution in [0.2, 0.25) is 0 Å². The van der Waals surface area contributed by atoms with Crippen LogP contribution in [0.1, 0.15) is 0 Å². The van der Waals surface area contributed by atoms with Gasteiger partial charge in [0.15, 0.2) is 7.60 Å². The van der Waals surface area contributed by atoms with E-state index < -0.39 is 97.2 Å². The summed E-state index contributed by atoms with van der Waals surface area (Å²) < 4.78 is 90.5. The Bertz CT molecular complexity index is 1100. The molecule has 1 aliphatic rings. The Kier molecular flexibility index (Phi) is 12.8. The van der Waals surface area contributed by atoms with Crippen LogP contribution in [0.15, 0.2) is 0 Å². The smallest absolute Gasteiger partial charge is 0.171 e. The van der Waals surface area contributed by atoms with E-state index in [2.05, 4.69) is 27.1 Å². The average molecular weight is 725 g/mol. The molecular weight excluding hydrogens is 717 g/mol. The van der Waals surface area contributed by atoms with Crippen molar-refractivity contribution in [2.45, 2.75) is 36.6 Å².